The first-order valence-electron chi connectivity index (χ1n) is 19.2. The van der Waals surface area contributed by atoms with Crippen LogP contribution in [-0.2, 0) is 0 Å². The molecule has 0 bridgehead atoms. The highest BCUT2D eigenvalue weighted by Gasteiger charge is 2.19. The van der Waals surface area contributed by atoms with E-state index in [0.29, 0.717) is 23.3 Å². The van der Waals surface area contributed by atoms with Crippen molar-refractivity contribution < 1.29 is 0 Å². The van der Waals surface area contributed by atoms with Crippen molar-refractivity contribution in [2.45, 2.75) is 0 Å². The summed E-state index contributed by atoms with van der Waals surface area (Å²) in [5, 5.41) is 4.75. The number of para-hydroxylation sites is 3. The fourth-order valence-electron chi connectivity index (χ4n) is 8.25. The number of hydrogen-bond acceptors (Lipinski definition) is 3. The number of aromatic nitrogens is 5. The van der Waals surface area contributed by atoms with Gasteiger partial charge in [0.15, 0.2) is 17.3 Å². The Morgan fingerprint density at radius 1 is 0.345 bits per heavy atom. The molecule has 6 heteroatoms. The normalized spacial score (nSPS) is 11.4. The third-order valence-electron chi connectivity index (χ3n) is 11.0. The third kappa shape index (κ3) is 5.53. The van der Waals surface area contributed by atoms with Gasteiger partial charge in [-0.15, -0.1) is 0 Å². The zero-order valence-electron chi connectivity index (χ0n) is 31.2. The van der Waals surface area contributed by atoms with Gasteiger partial charge < -0.3 is 4.57 Å². The van der Waals surface area contributed by atoms with Crippen LogP contribution in [0.15, 0.2) is 194 Å². The molecule has 11 aromatic rings. The Morgan fingerprint density at radius 2 is 0.810 bits per heavy atom. The van der Waals surface area contributed by atoms with Crippen molar-refractivity contribution in [1.82, 2.24) is 24.1 Å². The highest BCUT2D eigenvalue weighted by molar-refractivity contribution is 6.11. The van der Waals surface area contributed by atoms with E-state index in [9.17, 15) is 0 Å². The average Bonchev–Trinajstić information content (AvgIpc) is 3.82. The van der Waals surface area contributed by atoms with E-state index in [1.54, 1.807) is 0 Å². The van der Waals surface area contributed by atoms with Crippen molar-refractivity contribution in [3.8, 4) is 56.7 Å². The molecule has 8 aromatic carbocycles. The van der Waals surface area contributed by atoms with Crippen LogP contribution in [0.2, 0.25) is 0 Å². The van der Waals surface area contributed by atoms with E-state index >= 15 is 0 Å². The fraction of sp³-hybridized carbons (Fsp3) is 0. The molecular weight excluding hydrogens is 709 g/mol. The maximum atomic E-state index is 7.44. The average molecular weight is 741 g/mol. The van der Waals surface area contributed by atoms with Crippen molar-refractivity contribution >= 4 is 49.3 Å². The summed E-state index contributed by atoms with van der Waals surface area (Å²) in [7, 11) is 0. The van der Waals surface area contributed by atoms with Crippen molar-refractivity contribution in [3.63, 3.8) is 0 Å². The van der Waals surface area contributed by atoms with E-state index in [1.165, 1.54) is 21.8 Å². The molecule has 0 aliphatic carbocycles. The fourth-order valence-corrected chi connectivity index (χ4v) is 8.25. The van der Waals surface area contributed by atoms with Crippen LogP contribution in [0.3, 0.4) is 0 Å². The number of rotatable bonds is 6. The summed E-state index contributed by atoms with van der Waals surface area (Å²) in [6.45, 7) is 7.44. The van der Waals surface area contributed by atoms with Crippen LogP contribution in [0.25, 0.3) is 105 Å². The lowest BCUT2D eigenvalue weighted by Gasteiger charge is -2.12. The second-order valence-corrected chi connectivity index (χ2v) is 14.4. The van der Waals surface area contributed by atoms with E-state index in [-0.39, 0.29) is 0 Å². The van der Waals surface area contributed by atoms with Crippen LogP contribution in [-0.4, -0.2) is 24.1 Å². The molecule has 3 heterocycles. The Labute approximate surface area is 334 Å². The first kappa shape index (κ1) is 33.2. The lowest BCUT2D eigenvalue weighted by Crippen LogP contribution is -2.06. The second-order valence-electron chi connectivity index (χ2n) is 14.4. The van der Waals surface area contributed by atoms with Gasteiger partial charge in [-0.25, -0.2) is 9.83 Å². The first-order chi connectivity index (χ1) is 28.7. The molecule has 3 aromatic heterocycles. The quantitative estimate of drug-likeness (QED) is 0.160. The van der Waals surface area contributed by atoms with Crippen LogP contribution >= 0.6 is 0 Å². The Bertz CT molecular complexity index is 3340. The van der Waals surface area contributed by atoms with Gasteiger partial charge in [0.25, 0.3) is 0 Å². The molecule has 0 aliphatic rings. The standard InChI is InChI=1S/C52H32N6/c1-53-40-15-11-14-38(32-40)34-22-24-37(25-23-34)51-54-50(36-12-3-2-4-13-36)55-52(56-51)58-48-21-10-7-18-44(48)45-33-39(28-31-49(45)58)35-26-29-41(30-27-35)57-46-19-8-5-16-42(46)43-17-6-9-20-47(43)57/h2-33H. The van der Waals surface area contributed by atoms with Crippen LogP contribution < -0.4 is 0 Å². The molecule has 0 saturated carbocycles. The number of benzene rings is 8. The Kier molecular flexibility index (Phi) is 7.76. The molecule has 11 rings (SSSR count). The van der Waals surface area contributed by atoms with Gasteiger partial charge in [-0.3, -0.25) is 4.57 Å². The van der Waals surface area contributed by atoms with Gasteiger partial charge in [0.05, 0.1) is 28.6 Å². The SMILES string of the molecule is [C-]#[N+]c1cccc(-c2ccc(-c3nc(-c4ccccc4)nc(-n4c5ccccc5c5cc(-c6ccc(-n7c8ccccc8c8ccccc87)cc6)ccc54)n3)cc2)c1. The maximum Gasteiger partial charge on any atom is 0.238 e. The van der Waals surface area contributed by atoms with Gasteiger partial charge in [0.2, 0.25) is 5.95 Å². The largest absolute Gasteiger partial charge is 0.309 e. The topological polar surface area (TPSA) is 52.9 Å². The summed E-state index contributed by atoms with van der Waals surface area (Å²) in [5.74, 6) is 1.73. The highest BCUT2D eigenvalue weighted by Crippen LogP contribution is 2.37. The summed E-state index contributed by atoms with van der Waals surface area (Å²) >= 11 is 0. The molecule has 0 atom stereocenters. The predicted molar refractivity (Wildman–Crippen MR) is 237 cm³/mol. The van der Waals surface area contributed by atoms with Crippen molar-refractivity contribution in [2.24, 2.45) is 0 Å². The molecule has 270 valence electrons. The molecule has 58 heavy (non-hydrogen) atoms. The smallest absolute Gasteiger partial charge is 0.238 e. The van der Waals surface area contributed by atoms with E-state index < -0.39 is 0 Å². The van der Waals surface area contributed by atoms with Gasteiger partial charge in [-0.2, -0.15) is 9.97 Å². The molecule has 0 aliphatic heterocycles. The zero-order valence-corrected chi connectivity index (χ0v) is 31.2. The van der Waals surface area contributed by atoms with Crippen LogP contribution in [0.4, 0.5) is 5.69 Å². The Hall–Kier alpha value is -8.14. The van der Waals surface area contributed by atoms with E-state index in [2.05, 4.69) is 141 Å². The maximum absolute atomic E-state index is 7.44. The minimum atomic E-state index is 0.548. The molecule has 0 amide bonds. The van der Waals surface area contributed by atoms with Crippen molar-refractivity contribution in [2.75, 3.05) is 0 Å². The molecule has 0 spiro atoms. The predicted octanol–water partition coefficient (Wildman–Crippen LogP) is 13.3. The van der Waals surface area contributed by atoms with Gasteiger partial charge in [-0.05, 0) is 70.8 Å². The first-order valence-corrected chi connectivity index (χ1v) is 19.2. The van der Waals surface area contributed by atoms with E-state index in [0.717, 1.165) is 60.9 Å². The number of hydrogen-bond donors (Lipinski definition) is 0. The lowest BCUT2D eigenvalue weighted by atomic mass is 10.0. The summed E-state index contributed by atoms with van der Waals surface area (Å²) < 4.78 is 4.50. The van der Waals surface area contributed by atoms with Crippen molar-refractivity contribution in [1.29, 1.82) is 0 Å². The zero-order chi connectivity index (χ0) is 38.6. The molecule has 0 fully saturated rings. The third-order valence-corrected chi connectivity index (χ3v) is 11.0. The number of nitrogens with zero attached hydrogens (tertiary/aromatic N) is 6. The minimum absolute atomic E-state index is 0.548. The van der Waals surface area contributed by atoms with Gasteiger partial charge >= 0.3 is 0 Å². The molecule has 0 radical (unpaired) electrons. The van der Waals surface area contributed by atoms with Crippen LogP contribution in [0.1, 0.15) is 0 Å². The monoisotopic (exact) mass is 740 g/mol. The van der Waals surface area contributed by atoms with E-state index in [4.69, 9.17) is 21.5 Å². The van der Waals surface area contributed by atoms with Crippen molar-refractivity contribution in [3.05, 3.63) is 206 Å². The van der Waals surface area contributed by atoms with E-state index in [1.807, 2.05) is 66.7 Å². The van der Waals surface area contributed by atoms with Gasteiger partial charge in [0.1, 0.15) is 0 Å². The molecular formula is C52H32N6. The molecule has 6 nitrogen and oxygen atoms in total. The number of fused-ring (bicyclic) bond motifs is 6. The van der Waals surface area contributed by atoms with Crippen LogP contribution in [0.5, 0.6) is 0 Å². The van der Waals surface area contributed by atoms with Crippen LogP contribution in [0, 0.1) is 6.57 Å². The summed E-state index contributed by atoms with van der Waals surface area (Å²) in [4.78, 5) is 18.9. The Balaban J connectivity index is 1.02. The minimum Gasteiger partial charge on any atom is -0.309 e. The summed E-state index contributed by atoms with van der Waals surface area (Å²) in [6, 6.07) is 67.1. The van der Waals surface area contributed by atoms with Gasteiger partial charge in [-0.1, -0.05) is 146 Å². The lowest BCUT2D eigenvalue weighted by molar-refractivity contribution is 0.953. The highest BCUT2D eigenvalue weighted by atomic mass is 15.2. The second kappa shape index (κ2) is 13.6. The van der Waals surface area contributed by atoms with Gasteiger partial charge in [0, 0.05) is 38.4 Å². The molecule has 0 N–H and O–H groups in total. The molecule has 0 unspecified atom stereocenters. The Morgan fingerprint density at radius 3 is 1.45 bits per heavy atom. The summed E-state index contributed by atoms with van der Waals surface area (Å²) in [6.07, 6.45) is 0. The summed E-state index contributed by atoms with van der Waals surface area (Å²) in [5.41, 5.74) is 12.2. The molecule has 0 saturated heterocycles.